The zero-order chi connectivity index (χ0) is 23.4. The fourth-order valence-electron chi connectivity index (χ4n) is 2.86. The van der Waals surface area contributed by atoms with Crippen molar-refractivity contribution in [2.75, 3.05) is 6.61 Å². The second-order valence-electron chi connectivity index (χ2n) is 7.82. The summed E-state index contributed by atoms with van der Waals surface area (Å²) in [5, 5.41) is 3.83. The molecule has 0 radical (unpaired) electrons. The highest BCUT2D eigenvalue weighted by Gasteiger charge is 2.22. The van der Waals surface area contributed by atoms with Crippen LogP contribution in [0.25, 0.3) is 6.08 Å². The maximum Gasteiger partial charge on any atom is 0.279 e. The van der Waals surface area contributed by atoms with Crippen LogP contribution in [0.3, 0.4) is 0 Å². The molecule has 0 spiro atoms. The van der Waals surface area contributed by atoms with E-state index in [-0.39, 0.29) is 17.7 Å². The van der Waals surface area contributed by atoms with E-state index in [1.54, 1.807) is 30.5 Å². The fourth-order valence-corrected chi connectivity index (χ4v) is 4.56. The first-order chi connectivity index (χ1) is 15.9. The van der Waals surface area contributed by atoms with Crippen molar-refractivity contribution in [3.63, 3.8) is 0 Å². The summed E-state index contributed by atoms with van der Waals surface area (Å²) in [5.74, 6) is 1.67. The van der Waals surface area contributed by atoms with Gasteiger partial charge in [0.2, 0.25) is 0 Å². The van der Waals surface area contributed by atoms with Crippen molar-refractivity contribution in [3.05, 3.63) is 62.3 Å². The Hall–Kier alpha value is -2.68. The van der Waals surface area contributed by atoms with Crippen molar-refractivity contribution in [2.24, 2.45) is 5.92 Å². The molecule has 4 rings (SSSR count). The first kappa shape index (κ1) is 23.5. The van der Waals surface area contributed by atoms with E-state index in [9.17, 15) is 9.59 Å². The quantitative estimate of drug-likeness (QED) is 0.321. The van der Waals surface area contributed by atoms with Gasteiger partial charge in [-0.1, -0.05) is 29.0 Å². The van der Waals surface area contributed by atoms with E-state index in [4.69, 9.17) is 21.1 Å². The topological polar surface area (TPSA) is 77.5 Å². The lowest BCUT2D eigenvalue weighted by atomic mass is 10.3. The van der Waals surface area contributed by atoms with Gasteiger partial charge in [0.25, 0.3) is 11.1 Å². The van der Waals surface area contributed by atoms with Gasteiger partial charge in [0.05, 0.1) is 26.3 Å². The molecule has 0 saturated heterocycles. The van der Waals surface area contributed by atoms with Crippen LogP contribution >= 0.6 is 34.3 Å². The first-order valence-corrected chi connectivity index (χ1v) is 12.5. The number of ether oxygens (including phenoxy) is 2. The number of carbonyl (C=O) groups is 2. The number of carbonyl (C=O) groups excluding carboxylic acids is 2. The lowest BCUT2D eigenvalue weighted by Gasteiger charge is -2.08. The first-order valence-electron chi connectivity index (χ1n) is 10.5. The number of amides is 1. The molecule has 33 heavy (non-hydrogen) atoms. The highest BCUT2D eigenvalue weighted by atomic mass is 35.5. The summed E-state index contributed by atoms with van der Waals surface area (Å²) in [6.45, 7) is 4.09. The number of nitrogens with one attached hydrogen (secondary N) is 1. The van der Waals surface area contributed by atoms with Gasteiger partial charge in [-0.25, -0.2) is 4.98 Å². The lowest BCUT2D eigenvalue weighted by Crippen LogP contribution is -2.30. The van der Waals surface area contributed by atoms with Gasteiger partial charge >= 0.3 is 0 Å². The number of hydrogen-bond donors (Lipinski definition) is 1. The molecule has 1 aliphatic carbocycles. The zero-order valence-electron chi connectivity index (χ0n) is 18.2. The molecule has 9 heteroatoms. The Balaban J connectivity index is 1.30. The predicted octanol–water partition coefficient (Wildman–Crippen LogP) is 6.47. The second-order valence-corrected chi connectivity index (χ2v) is 10.3. The second kappa shape index (κ2) is 10.5. The molecule has 1 amide bonds. The van der Waals surface area contributed by atoms with Crippen LogP contribution in [0.1, 0.15) is 50.9 Å². The van der Waals surface area contributed by atoms with Crippen LogP contribution in [-0.4, -0.2) is 29.3 Å². The molecule has 0 bridgehead atoms. The van der Waals surface area contributed by atoms with Crippen LogP contribution in [0.15, 0.2) is 42.6 Å². The number of thiophene rings is 1. The van der Waals surface area contributed by atoms with Gasteiger partial charge in [-0.3, -0.25) is 9.59 Å². The molecule has 0 aliphatic heterocycles. The Morgan fingerprint density at radius 1 is 1.24 bits per heavy atom. The summed E-state index contributed by atoms with van der Waals surface area (Å²) in [4.78, 5) is 30.0. The van der Waals surface area contributed by atoms with Gasteiger partial charge < -0.3 is 14.8 Å². The summed E-state index contributed by atoms with van der Waals surface area (Å²) in [7, 11) is 0. The standard InChI is InChI=1S/C24H23ClN2O4S2/c1-14(27-23(29)22-10-9-21(33-22)15(2)28)3-7-18-12-26-24(32-18)31-20-8-6-17(11-19(20)25)30-13-16-4-5-16/h3,6-12,14,16H,4-5,13H2,1-2H3,(H,27,29)/t14-/m0/s1. The molecule has 1 aliphatic rings. The normalized spacial score (nSPS) is 14.3. The Bertz CT molecular complexity index is 1180. The van der Waals surface area contributed by atoms with E-state index in [0.717, 1.165) is 17.2 Å². The van der Waals surface area contributed by atoms with E-state index in [0.29, 0.717) is 31.6 Å². The summed E-state index contributed by atoms with van der Waals surface area (Å²) in [5.41, 5.74) is 0. The van der Waals surface area contributed by atoms with Gasteiger partial charge in [0.1, 0.15) is 11.5 Å². The molecule has 172 valence electrons. The Morgan fingerprint density at radius 2 is 2.03 bits per heavy atom. The van der Waals surface area contributed by atoms with E-state index in [1.807, 2.05) is 25.1 Å². The van der Waals surface area contributed by atoms with Crippen LogP contribution in [0, 0.1) is 5.92 Å². The number of thiazole rings is 1. The van der Waals surface area contributed by atoms with E-state index >= 15 is 0 Å². The molecule has 1 fully saturated rings. The monoisotopic (exact) mass is 502 g/mol. The Morgan fingerprint density at radius 3 is 2.73 bits per heavy atom. The average molecular weight is 503 g/mol. The van der Waals surface area contributed by atoms with Gasteiger partial charge in [-0.05, 0) is 62.9 Å². The third-order valence-electron chi connectivity index (χ3n) is 4.87. The van der Waals surface area contributed by atoms with E-state index in [2.05, 4.69) is 10.3 Å². The Labute approximate surface area is 205 Å². The molecular weight excluding hydrogens is 480 g/mol. The fraction of sp³-hybridized carbons (Fsp3) is 0.292. The van der Waals surface area contributed by atoms with Crippen molar-refractivity contribution < 1.29 is 19.1 Å². The van der Waals surface area contributed by atoms with Crippen molar-refractivity contribution in [2.45, 2.75) is 32.7 Å². The molecule has 1 N–H and O–H groups in total. The Kier molecular flexibility index (Phi) is 7.47. The van der Waals surface area contributed by atoms with Crippen molar-refractivity contribution in [1.82, 2.24) is 10.3 Å². The number of ketones is 1. The maximum atomic E-state index is 12.3. The van der Waals surface area contributed by atoms with Gasteiger partial charge in [0.15, 0.2) is 5.78 Å². The van der Waals surface area contributed by atoms with Crippen LogP contribution in [0.2, 0.25) is 5.02 Å². The number of halogens is 1. The van der Waals surface area contributed by atoms with Gasteiger partial charge in [-0.15, -0.1) is 11.3 Å². The number of nitrogens with zero attached hydrogens (tertiary/aromatic N) is 1. The van der Waals surface area contributed by atoms with E-state index < -0.39 is 0 Å². The number of rotatable bonds is 10. The van der Waals surface area contributed by atoms with Crippen LogP contribution in [-0.2, 0) is 0 Å². The largest absolute Gasteiger partial charge is 0.493 e. The van der Waals surface area contributed by atoms with Crippen LogP contribution in [0.5, 0.6) is 16.7 Å². The molecule has 6 nitrogen and oxygen atoms in total. The molecule has 1 atom stereocenters. The smallest absolute Gasteiger partial charge is 0.279 e. The summed E-state index contributed by atoms with van der Waals surface area (Å²) >= 11 is 8.90. The molecule has 0 unspecified atom stereocenters. The number of hydrogen-bond acceptors (Lipinski definition) is 7. The number of aromatic nitrogens is 1. The van der Waals surface area contributed by atoms with E-state index in [1.165, 1.54) is 42.4 Å². The molecule has 2 aromatic heterocycles. The van der Waals surface area contributed by atoms with Crippen LogP contribution < -0.4 is 14.8 Å². The summed E-state index contributed by atoms with van der Waals surface area (Å²) in [6, 6.07) is 8.50. The minimum Gasteiger partial charge on any atom is -0.493 e. The molecule has 2 heterocycles. The molecule has 3 aromatic rings. The summed E-state index contributed by atoms with van der Waals surface area (Å²) in [6.07, 6.45) is 7.91. The molecular formula is C24H23ClN2O4S2. The van der Waals surface area contributed by atoms with Crippen LogP contribution in [0.4, 0.5) is 0 Å². The number of benzene rings is 1. The average Bonchev–Trinajstić information content (AvgIpc) is 3.28. The van der Waals surface area contributed by atoms with Crippen molar-refractivity contribution >= 4 is 52.0 Å². The van der Waals surface area contributed by atoms with Crippen molar-refractivity contribution in [3.8, 4) is 16.7 Å². The highest BCUT2D eigenvalue weighted by molar-refractivity contribution is 7.16. The zero-order valence-corrected chi connectivity index (χ0v) is 20.6. The third-order valence-corrected chi connectivity index (χ3v) is 7.19. The SMILES string of the molecule is CC(=O)c1ccc(C(=O)N[C@@H](C)C=Cc2cnc(Oc3ccc(OCC4CC4)cc3Cl)s2)s1. The maximum absolute atomic E-state index is 12.3. The number of Topliss-reactive ketones (excluding diaryl/α,β-unsaturated/α-hetero) is 1. The van der Waals surface area contributed by atoms with Gasteiger partial charge in [0, 0.05) is 18.3 Å². The minimum atomic E-state index is -0.211. The lowest BCUT2D eigenvalue weighted by molar-refractivity contribution is 0.0950. The summed E-state index contributed by atoms with van der Waals surface area (Å²) < 4.78 is 11.6. The minimum absolute atomic E-state index is 0.0469. The van der Waals surface area contributed by atoms with Crippen molar-refractivity contribution in [1.29, 1.82) is 0 Å². The molecule has 1 saturated carbocycles. The predicted molar refractivity (Wildman–Crippen MR) is 132 cm³/mol. The molecule has 1 aromatic carbocycles. The highest BCUT2D eigenvalue weighted by Crippen LogP contribution is 2.35. The third kappa shape index (κ3) is 6.66. The van der Waals surface area contributed by atoms with Gasteiger partial charge in [-0.2, -0.15) is 0 Å².